The van der Waals surface area contributed by atoms with E-state index < -0.39 is 11.8 Å². The fraction of sp³-hybridized carbons (Fsp3) is 0.464. The van der Waals surface area contributed by atoms with Crippen molar-refractivity contribution in [3.63, 3.8) is 0 Å². The minimum atomic E-state index is -0.752. The summed E-state index contributed by atoms with van der Waals surface area (Å²) in [4.78, 5) is 30.6. The predicted molar refractivity (Wildman–Crippen MR) is 150 cm³/mol. The van der Waals surface area contributed by atoms with E-state index in [9.17, 15) is 14.7 Å². The van der Waals surface area contributed by atoms with Crippen molar-refractivity contribution in [3.05, 3.63) is 51.3 Å². The lowest BCUT2D eigenvalue weighted by Crippen LogP contribution is -2.40. The van der Waals surface area contributed by atoms with Crippen LogP contribution in [0.1, 0.15) is 37.7 Å². The molecule has 0 radical (unpaired) electrons. The molecule has 9 nitrogen and oxygen atoms in total. The fourth-order valence-corrected chi connectivity index (χ4v) is 5.89. The Kier molecular flexibility index (Phi) is 8.67. The second-order valence-electron chi connectivity index (χ2n) is 10.1. The molecular weight excluding hydrogens is 620 g/mol. The van der Waals surface area contributed by atoms with E-state index in [2.05, 4.69) is 32.9 Å². The van der Waals surface area contributed by atoms with Crippen molar-refractivity contribution in [1.29, 1.82) is 0 Å². The van der Waals surface area contributed by atoms with Gasteiger partial charge in [-0.05, 0) is 72.9 Å². The van der Waals surface area contributed by atoms with Crippen LogP contribution in [0.25, 0.3) is 11.1 Å². The van der Waals surface area contributed by atoms with Crippen molar-refractivity contribution in [2.45, 2.75) is 56.8 Å². The lowest BCUT2D eigenvalue weighted by atomic mass is 9.87. The molecule has 0 bridgehead atoms. The molecule has 39 heavy (non-hydrogen) atoms. The van der Waals surface area contributed by atoms with E-state index in [0.29, 0.717) is 50.8 Å². The first-order valence-corrected chi connectivity index (χ1v) is 14.2. The van der Waals surface area contributed by atoms with Gasteiger partial charge in [-0.3, -0.25) is 9.59 Å². The highest BCUT2D eigenvalue weighted by molar-refractivity contribution is 14.1. The van der Waals surface area contributed by atoms with Crippen molar-refractivity contribution in [2.75, 3.05) is 25.6 Å². The number of carbonyl (C=O) groups is 2. The molecule has 208 valence electrons. The number of carboxylic acids is 1. The Morgan fingerprint density at radius 3 is 2.67 bits per heavy atom. The number of hydrogen-bond acceptors (Lipinski definition) is 7. The molecule has 1 saturated heterocycles. The van der Waals surface area contributed by atoms with Crippen LogP contribution >= 0.6 is 22.6 Å². The molecule has 0 unspecified atom stereocenters. The molecule has 3 aromatic rings. The molecule has 2 atom stereocenters. The number of methoxy groups -OCH3 is 1. The number of oxazole rings is 1. The number of benzene rings is 2. The van der Waals surface area contributed by atoms with Crippen molar-refractivity contribution >= 4 is 57.3 Å². The lowest BCUT2D eigenvalue weighted by molar-refractivity contribution is -0.144. The van der Waals surface area contributed by atoms with E-state index in [1.807, 2.05) is 24.3 Å². The third kappa shape index (κ3) is 6.36. The maximum atomic E-state index is 15.4. The molecule has 1 aliphatic heterocycles. The minimum Gasteiger partial charge on any atom is -0.481 e. The zero-order valence-electron chi connectivity index (χ0n) is 21.6. The van der Waals surface area contributed by atoms with Crippen molar-refractivity contribution in [3.8, 4) is 0 Å². The third-order valence-electron chi connectivity index (χ3n) is 7.61. The van der Waals surface area contributed by atoms with E-state index in [1.165, 1.54) is 0 Å². The van der Waals surface area contributed by atoms with Gasteiger partial charge in [0.2, 0.25) is 5.91 Å². The van der Waals surface area contributed by atoms with Crippen molar-refractivity contribution < 1.29 is 33.0 Å². The highest BCUT2D eigenvalue weighted by atomic mass is 127. The molecule has 11 heteroatoms. The molecule has 2 aliphatic rings. The number of carboxylic acid groups (broad SMARTS) is 1. The van der Waals surface area contributed by atoms with Crippen LogP contribution in [0.3, 0.4) is 0 Å². The summed E-state index contributed by atoms with van der Waals surface area (Å²) >= 11 is 2.19. The highest BCUT2D eigenvalue weighted by Gasteiger charge is 2.37. The van der Waals surface area contributed by atoms with Gasteiger partial charge in [-0.15, -0.1) is 0 Å². The van der Waals surface area contributed by atoms with Crippen LogP contribution in [0, 0.1) is 15.3 Å². The average Bonchev–Trinajstić information content (AvgIpc) is 3.55. The van der Waals surface area contributed by atoms with Crippen LogP contribution in [-0.2, 0) is 25.5 Å². The molecule has 1 amide bonds. The van der Waals surface area contributed by atoms with Crippen LogP contribution in [0.15, 0.2) is 40.8 Å². The molecule has 5 rings (SSSR count). The first kappa shape index (κ1) is 27.8. The molecule has 2 aromatic carbocycles. The summed E-state index contributed by atoms with van der Waals surface area (Å²) in [6.45, 7) is 0.746. The zero-order valence-corrected chi connectivity index (χ0v) is 23.7. The van der Waals surface area contributed by atoms with Crippen LogP contribution < -0.4 is 5.32 Å². The number of fused-ring (bicyclic) bond motifs is 1. The first-order chi connectivity index (χ1) is 18.8. The van der Waals surface area contributed by atoms with Gasteiger partial charge in [0.25, 0.3) is 6.01 Å². The van der Waals surface area contributed by atoms with Gasteiger partial charge in [-0.25, -0.2) is 4.39 Å². The number of halogens is 2. The number of aromatic nitrogens is 1. The van der Waals surface area contributed by atoms with Gasteiger partial charge in [-0.2, -0.15) is 4.98 Å². The standard InChI is InChI=1S/C28H31FIN3O6/c1-37-20-13-18(15-38-19-9-6-16(7-10-19)27(35)36)33(14-20)24(34)12-17-8-11-23-26(25(17)29)39-28(32-23)31-22-5-3-2-4-21(22)30/h2-5,8,11,16,18-20H,6-7,9-10,12-15H2,1H3,(H,31,32)(H,35,36)/t16?,18-,19?,20-/m0/s1. The van der Waals surface area contributed by atoms with Gasteiger partial charge in [0, 0.05) is 22.8 Å². The highest BCUT2D eigenvalue weighted by Crippen LogP contribution is 2.30. The number of aliphatic carboxylic acids is 1. The van der Waals surface area contributed by atoms with Crippen LogP contribution in [0.5, 0.6) is 0 Å². The first-order valence-electron chi connectivity index (χ1n) is 13.1. The maximum absolute atomic E-state index is 15.4. The van der Waals surface area contributed by atoms with Gasteiger partial charge >= 0.3 is 5.97 Å². The summed E-state index contributed by atoms with van der Waals surface area (Å²) in [5.41, 5.74) is 1.39. The molecule has 2 fully saturated rings. The zero-order chi connectivity index (χ0) is 27.5. The van der Waals surface area contributed by atoms with Crippen LogP contribution in [0.2, 0.25) is 0 Å². The topological polar surface area (TPSA) is 114 Å². The SMILES string of the molecule is CO[C@H]1C[C@@H](COC2CCC(C(=O)O)CC2)N(C(=O)Cc2ccc3nc(Nc4ccccc4I)oc3c2F)C1. The molecule has 1 aliphatic carbocycles. The Hall–Kier alpha value is -2.77. The summed E-state index contributed by atoms with van der Waals surface area (Å²) < 4.78 is 33.7. The van der Waals surface area contributed by atoms with E-state index in [0.717, 1.165) is 9.26 Å². The normalized spacial score (nSPS) is 23.3. The number of nitrogens with one attached hydrogen (secondary N) is 1. The fourth-order valence-electron chi connectivity index (χ4n) is 5.36. The summed E-state index contributed by atoms with van der Waals surface area (Å²) in [6.07, 6.45) is 2.93. The van der Waals surface area contributed by atoms with E-state index >= 15 is 4.39 Å². The van der Waals surface area contributed by atoms with E-state index in [-0.39, 0.29) is 53.7 Å². The Balaban J connectivity index is 1.24. The number of anilines is 2. The number of nitrogens with zero attached hydrogens (tertiary/aromatic N) is 2. The molecule has 2 heterocycles. The Labute approximate surface area is 239 Å². The second-order valence-corrected chi connectivity index (χ2v) is 11.3. The van der Waals surface area contributed by atoms with Crippen LogP contribution in [0.4, 0.5) is 16.1 Å². The van der Waals surface area contributed by atoms with E-state index in [4.69, 9.17) is 13.9 Å². The lowest BCUT2D eigenvalue weighted by Gasteiger charge is -2.29. The maximum Gasteiger partial charge on any atom is 0.306 e. The minimum absolute atomic E-state index is 0.00164. The molecular formula is C28H31FIN3O6. The number of likely N-dealkylation sites (tertiary alicyclic amines) is 1. The predicted octanol–water partition coefficient (Wildman–Crippen LogP) is 5.13. The number of para-hydroxylation sites is 1. The summed E-state index contributed by atoms with van der Waals surface area (Å²) in [5, 5.41) is 12.3. The Morgan fingerprint density at radius 1 is 1.18 bits per heavy atom. The van der Waals surface area contributed by atoms with Crippen LogP contribution in [-0.4, -0.2) is 65.4 Å². The summed E-state index contributed by atoms with van der Waals surface area (Å²) in [6, 6.07) is 10.8. The largest absolute Gasteiger partial charge is 0.481 e. The van der Waals surface area contributed by atoms with Gasteiger partial charge in [0.1, 0.15) is 5.52 Å². The molecule has 0 spiro atoms. The Morgan fingerprint density at radius 2 is 1.95 bits per heavy atom. The third-order valence-corrected chi connectivity index (χ3v) is 8.55. The monoisotopic (exact) mass is 651 g/mol. The molecule has 1 saturated carbocycles. The number of amides is 1. The van der Waals surface area contributed by atoms with Crippen molar-refractivity contribution in [1.82, 2.24) is 9.88 Å². The Bertz CT molecular complexity index is 1340. The van der Waals surface area contributed by atoms with Gasteiger partial charge < -0.3 is 29.2 Å². The molecule has 2 N–H and O–H groups in total. The smallest absolute Gasteiger partial charge is 0.306 e. The molecule has 1 aromatic heterocycles. The second kappa shape index (κ2) is 12.2. The number of ether oxygens (including phenoxy) is 2. The van der Waals surface area contributed by atoms with Gasteiger partial charge in [-0.1, -0.05) is 18.2 Å². The quantitative estimate of drug-likeness (QED) is 0.306. The summed E-state index contributed by atoms with van der Waals surface area (Å²) in [7, 11) is 1.61. The number of carbonyl (C=O) groups excluding carboxylic acids is 1. The van der Waals surface area contributed by atoms with Crippen molar-refractivity contribution in [2.24, 2.45) is 5.92 Å². The summed E-state index contributed by atoms with van der Waals surface area (Å²) in [5.74, 6) is -1.88. The van der Waals surface area contributed by atoms with Gasteiger partial charge in [0.05, 0.1) is 42.9 Å². The van der Waals surface area contributed by atoms with E-state index in [1.54, 1.807) is 24.1 Å². The van der Waals surface area contributed by atoms with Gasteiger partial charge in [0.15, 0.2) is 11.4 Å². The number of rotatable bonds is 9. The number of hydrogen-bond donors (Lipinski definition) is 2. The average molecular weight is 651 g/mol.